The third kappa shape index (κ3) is 2.04. The molecule has 3 N–H and O–H groups in total. The van der Waals surface area contributed by atoms with Crippen molar-refractivity contribution < 1.29 is 14.7 Å². The number of rotatable bonds is 3. The van der Waals surface area contributed by atoms with Crippen LogP contribution in [0.1, 0.15) is 33.6 Å². The summed E-state index contributed by atoms with van der Waals surface area (Å²) in [4.78, 5) is 35.0. The Kier molecular flexibility index (Phi) is 3.07. The summed E-state index contributed by atoms with van der Waals surface area (Å²) in [7, 11) is 1.25. The van der Waals surface area contributed by atoms with E-state index in [1.807, 2.05) is 6.07 Å². The molecule has 0 radical (unpaired) electrons. The fourth-order valence-electron chi connectivity index (χ4n) is 1.93. The van der Waals surface area contributed by atoms with Gasteiger partial charge in [0.2, 0.25) is 0 Å². The number of hydrogen-bond donors (Lipinski definition) is 2. The summed E-state index contributed by atoms with van der Waals surface area (Å²) in [5.74, 6) is 3.13. The van der Waals surface area contributed by atoms with Crippen molar-refractivity contribution in [3.05, 3.63) is 33.7 Å². The molecular weight excluding hydrogens is 264 g/mol. The number of pyridine rings is 1. The monoisotopic (exact) mass is 276 g/mol. The van der Waals surface area contributed by atoms with E-state index in [-0.39, 0.29) is 11.1 Å². The minimum Gasteiger partial charge on any atom is -0.478 e. The van der Waals surface area contributed by atoms with Crippen LogP contribution in [0.4, 0.5) is 0 Å². The average Bonchev–Trinajstić information content (AvgIpc) is 3.17. The summed E-state index contributed by atoms with van der Waals surface area (Å²) < 4.78 is 1.07. The van der Waals surface area contributed by atoms with E-state index < -0.39 is 23.0 Å². The van der Waals surface area contributed by atoms with E-state index >= 15 is 0 Å². The molecule has 1 amide bonds. The number of aromatic nitrogens is 1. The van der Waals surface area contributed by atoms with Crippen LogP contribution in [0.3, 0.4) is 0 Å². The molecule has 1 aromatic heterocycles. The summed E-state index contributed by atoms with van der Waals surface area (Å²) in [5.41, 5.74) is -2.23. The maximum Gasteiger partial charge on any atom is 0.338 e. The Morgan fingerprint density at radius 2 is 2.10 bits per heavy atom. The Labute approximate surface area is 113 Å². The molecule has 8 heteroatoms. The van der Waals surface area contributed by atoms with Crippen LogP contribution in [-0.2, 0) is 5.54 Å². The number of nitriles is 1. The van der Waals surface area contributed by atoms with Crippen LogP contribution in [0.15, 0.2) is 17.1 Å². The zero-order valence-corrected chi connectivity index (χ0v) is 10.7. The van der Waals surface area contributed by atoms with Gasteiger partial charge in [0.15, 0.2) is 0 Å². The van der Waals surface area contributed by atoms with Gasteiger partial charge < -0.3 is 5.11 Å². The predicted octanol–water partition coefficient (Wildman–Crippen LogP) is -0.495. The van der Waals surface area contributed by atoms with Gasteiger partial charge >= 0.3 is 5.97 Å². The zero-order chi connectivity index (χ0) is 15.1. The van der Waals surface area contributed by atoms with Gasteiger partial charge in [-0.3, -0.25) is 19.2 Å². The fraction of sp³-hybridized carbons (Fsp3) is 0.333. The SMILES string of the molecule is CN(N)C(=O)c1cc(=O)n(C2(C#N)CC2)cc1C(=O)O. The number of carbonyl (C=O) groups is 2. The number of hydrogen-bond acceptors (Lipinski definition) is 5. The summed E-state index contributed by atoms with van der Waals surface area (Å²) in [5, 5.41) is 18.9. The van der Waals surface area contributed by atoms with E-state index in [1.54, 1.807) is 0 Å². The molecule has 2 rings (SSSR count). The highest BCUT2D eigenvalue weighted by Gasteiger charge is 2.46. The number of nitrogens with zero attached hydrogens (tertiary/aromatic N) is 3. The third-order valence-electron chi connectivity index (χ3n) is 3.23. The minimum atomic E-state index is -1.36. The van der Waals surface area contributed by atoms with Crippen molar-refractivity contribution in [2.45, 2.75) is 18.4 Å². The average molecular weight is 276 g/mol. The molecule has 104 valence electrons. The Bertz CT molecular complexity index is 694. The molecule has 0 saturated heterocycles. The van der Waals surface area contributed by atoms with Crippen molar-refractivity contribution in [2.24, 2.45) is 5.84 Å². The van der Waals surface area contributed by atoms with Gasteiger partial charge in [-0.25, -0.2) is 10.6 Å². The Hall–Kier alpha value is -2.66. The highest BCUT2D eigenvalue weighted by atomic mass is 16.4. The number of hydrazine groups is 1. The minimum absolute atomic E-state index is 0.294. The molecule has 0 atom stereocenters. The maximum atomic E-state index is 12.0. The lowest BCUT2D eigenvalue weighted by Crippen LogP contribution is -2.37. The van der Waals surface area contributed by atoms with Crippen LogP contribution in [-0.4, -0.2) is 33.6 Å². The molecule has 1 heterocycles. The second kappa shape index (κ2) is 4.47. The third-order valence-corrected chi connectivity index (χ3v) is 3.23. The topological polar surface area (TPSA) is 129 Å². The van der Waals surface area contributed by atoms with Crippen molar-refractivity contribution in [1.29, 1.82) is 5.26 Å². The normalized spacial score (nSPS) is 15.2. The Morgan fingerprint density at radius 3 is 2.50 bits per heavy atom. The van der Waals surface area contributed by atoms with E-state index in [9.17, 15) is 14.4 Å². The van der Waals surface area contributed by atoms with Gasteiger partial charge in [-0.15, -0.1) is 0 Å². The summed E-state index contributed by atoms with van der Waals surface area (Å²) in [6, 6.07) is 2.91. The lowest BCUT2D eigenvalue weighted by atomic mass is 10.1. The van der Waals surface area contributed by atoms with Gasteiger partial charge in [0, 0.05) is 19.3 Å². The molecule has 1 aliphatic carbocycles. The number of amides is 1. The highest BCUT2D eigenvalue weighted by Crippen LogP contribution is 2.41. The number of carbonyl (C=O) groups excluding carboxylic acids is 1. The van der Waals surface area contributed by atoms with Crippen molar-refractivity contribution in [3.63, 3.8) is 0 Å². The van der Waals surface area contributed by atoms with Crippen molar-refractivity contribution >= 4 is 11.9 Å². The summed E-state index contributed by atoms with van der Waals surface area (Å²) in [6.45, 7) is 0. The van der Waals surface area contributed by atoms with Crippen molar-refractivity contribution in [3.8, 4) is 6.07 Å². The molecule has 0 bridgehead atoms. The maximum absolute atomic E-state index is 12.0. The van der Waals surface area contributed by atoms with Crippen LogP contribution in [0.25, 0.3) is 0 Å². The standard InChI is InChI=1S/C12H12N4O4/c1-15(14)10(18)7-4-9(17)16(5-8(7)11(19)20)12(6-13)2-3-12/h4-5H,2-3,14H2,1H3,(H,19,20). The quantitative estimate of drug-likeness (QED) is 0.435. The van der Waals surface area contributed by atoms with Gasteiger partial charge in [-0.1, -0.05) is 0 Å². The lowest BCUT2D eigenvalue weighted by molar-refractivity contribution is 0.0680. The fourth-order valence-corrected chi connectivity index (χ4v) is 1.93. The molecule has 1 saturated carbocycles. The van der Waals surface area contributed by atoms with Gasteiger partial charge in [-0.05, 0) is 12.8 Å². The van der Waals surface area contributed by atoms with Gasteiger partial charge in [0.25, 0.3) is 11.5 Å². The van der Waals surface area contributed by atoms with E-state index in [4.69, 9.17) is 16.2 Å². The molecule has 1 aromatic rings. The number of aromatic carboxylic acids is 1. The van der Waals surface area contributed by atoms with Crippen LogP contribution >= 0.6 is 0 Å². The van der Waals surface area contributed by atoms with E-state index in [0.29, 0.717) is 17.9 Å². The molecule has 0 spiro atoms. The highest BCUT2D eigenvalue weighted by molar-refractivity contribution is 6.04. The molecule has 0 aromatic carbocycles. The number of carboxylic acid groups (broad SMARTS) is 1. The first-order chi connectivity index (χ1) is 9.32. The molecular formula is C12H12N4O4. The van der Waals surface area contributed by atoms with E-state index in [0.717, 1.165) is 16.8 Å². The van der Waals surface area contributed by atoms with Crippen LogP contribution in [0.2, 0.25) is 0 Å². The van der Waals surface area contributed by atoms with Gasteiger partial charge in [-0.2, -0.15) is 5.26 Å². The van der Waals surface area contributed by atoms with E-state index in [1.165, 1.54) is 7.05 Å². The molecule has 20 heavy (non-hydrogen) atoms. The van der Waals surface area contributed by atoms with Crippen LogP contribution in [0, 0.1) is 11.3 Å². The summed E-state index contributed by atoms with van der Waals surface area (Å²) in [6.07, 6.45) is 2.00. The number of nitrogens with two attached hydrogens (primary N) is 1. The van der Waals surface area contributed by atoms with Gasteiger partial charge in [0.05, 0.1) is 17.2 Å². The summed E-state index contributed by atoms with van der Waals surface area (Å²) >= 11 is 0. The van der Waals surface area contributed by atoms with Crippen LogP contribution in [0.5, 0.6) is 0 Å². The number of carboxylic acids is 1. The molecule has 0 unspecified atom stereocenters. The molecule has 0 aliphatic heterocycles. The largest absolute Gasteiger partial charge is 0.478 e. The van der Waals surface area contributed by atoms with Crippen LogP contribution < -0.4 is 11.4 Å². The first-order valence-electron chi connectivity index (χ1n) is 5.77. The first-order valence-corrected chi connectivity index (χ1v) is 5.77. The molecule has 8 nitrogen and oxygen atoms in total. The zero-order valence-electron chi connectivity index (χ0n) is 10.7. The molecule has 1 fully saturated rings. The van der Waals surface area contributed by atoms with Crippen molar-refractivity contribution in [1.82, 2.24) is 9.58 Å². The van der Waals surface area contributed by atoms with E-state index in [2.05, 4.69) is 0 Å². The van der Waals surface area contributed by atoms with Gasteiger partial charge in [0.1, 0.15) is 5.54 Å². The second-order valence-corrected chi connectivity index (χ2v) is 4.67. The Morgan fingerprint density at radius 1 is 1.50 bits per heavy atom. The first kappa shape index (κ1) is 13.8. The van der Waals surface area contributed by atoms with Crippen molar-refractivity contribution in [2.75, 3.05) is 7.05 Å². The predicted molar refractivity (Wildman–Crippen MR) is 66.8 cm³/mol. The molecule has 1 aliphatic rings. The lowest BCUT2D eigenvalue weighted by Gasteiger charge is -2.15. The second-order valence-electron chi connectivity index (χ2n) is 4.67. The smallest absolute Gasteiger partial charge is 0.338 e. The Balaban J connectivity index is 2.66.